The van der Waals surface area contributed by atoms with Crippen LogP contribution in [0, 0.1) is 11.8 Å². The summed E-state index contributed by atoms with van der Waals surface area (Å²) < 4.78 is 33.3. The molecule has 1 saturated carbocycles. The Balaban J connectivity index is 1.70. The van der Waals surface area contributed by atoms with Crippen LogP contribution in [0.1, 0.15) is 19.3 Å². The van der Waals surface area contributed by atoms with Crippen LogP contribution in [0.3, 0.4) is 0 Å². The molecule has 0 bridgehead atoms. The van der Waals surface area contributed by atoms with E-state index in [2.05, 4.69) is 0 Å². The molecule has 0 aromatic carbocycles. The highest BCUT2D eigenvalue weighted by Gasteiger charge is 2.43. The largest absolute Gasteiger partial charge is 0.379 e. The summed E-state index contributed by atoms with van der Waals surface area (Å²) in [7, 11) is -3.22. The summed E-state index contributed by atoms with van der Waals surface area (Å²) in [5.41, 5.74) is 0. The minimum Gasteiger partial charge on any atom is -0.379 e. The number of nitrogens with zero attached hydrogens (tertiary/aromatic N) is 2. The Bertz CT molecular complexity index is 366. The molecule has 0 aromatic heterocycles. The molecule has 2 atom stereocenters. The van der Waals surface area contributed by atoms with E-state index in [1.54, 1.807) is 8.61 Å². The first-order valence-electron chi connectivity index (χ1n) is 6.51. The van der Waals surface area contributed by atoms with E-state index in [0.717, 1.165) is 13.1 Å². The molecule has 0 aromatic rings. The average Bonchev–Trinajstić information content (AvgIpc) is 2.90. The number of hydrogen-bond acceptors (Lipinski definition) is 3. The van der Waals surface area contributed by atoms with Gasteiger partial charge in [0.2, 0.25) is 0 Å². The molecule has 6 heteroatoms. The second-order valence-electron chi connectivity index (χ2n) is 5.29. The van der Waals surface area contributed by atoms with E-state index in [4.69, 9.17) is 4.74 Å². The summed E-state index contributed by atoms with van der Waals surface area (Å²) >= 11 is 0. The minimum atomic E-state index is -3.22. The third-order valence-corrected chi connectivity index (χ3v) is 6.28. The molecule has 3 fully saturated rings. The first-order chi connectivity index (χ1) is 8.18. The molecule has 2 saturated heterocycles. The molecule has 1 aliphatic carbocycles. The molecule has 2 aliphatic heterocycles. The second-order valence-corrected chi connectivity index (χ2v) is 7.22. The Morgan fingerprint density at radius 1 is 0.941 bits per heavy atom. The Hall–Kier alpha value is -0.170. The summed E-state index contributed by atoms with van der Waals surface area (Å²) in [5.74, 6) is 1.23. The fourth-order valence-corrected chi connectivity index (χ4v) is 5.02. The molecule has 3 aliphatic rings. The van der Waals surface area contributed by atoms with Gasteiger partial charge < -0.3 is 4.74 Å². The summed E-state index contributed by atoms with van der Waals surface area (Å²) in [6, 6.07) is 0. The van der Waals surface area contributed by atoms with Crippen LogP contribution in [0.2, 0.25) is 0 Å². The van der Waals surface area contributed by atoms with Crippen molar-refractivity contribution in [2.75, 3.05) is 39.4 Å². The van der Waals surface area contributed by atoms with E-state index in [-0.39, 0.29) is 0 Å². The first-order valence-corrected chi connectivity index (χ1v) is 7.90. The van der Waals surface area contributed by atoms with Gasteiger partial charge in [0.05, 0.1) is 13.2 Å². The zero-order valence-electron chi connectivity index (χ0n) is 10.0. The van der Waals surface area contributed by atoms with Gasteiger partial charge in [0, 0.05) is 26.2 Å². The standard InChI is InChI=1S/C11H20N2O3S/c14-17(15,12-4-6-16-7-5-12)13-8-10-2-1-3-11(10)9-13/h10-11H,1-9H2/t10-,11+. The molecular formula is C11H20N2O3S. The van der Waals surface area contributed by atoms with Gasteiger partial charge in [-0.1, -0.05) is 6.42 Å². The quantitative estimate of drug-likeness (QED) is 0.717. The van der Waals surface area contributed by atoms with Gasteiger partial charge in [-0.05, 0) is 24.7 Å². The van der Waals surface area contributed by atoms with Gasteiger partial charge in [0.1, 0.15) is 0 Å². The molecule has 0 amide bonds. The maximum absolute atomic E-state index is 12.4. The first kappa shape index (κ1) is 11.9. The second kappa shape index (κ2) is 4.50. The van der Waals surface area contributed by atoms with E-state index in [0.29, 0.717) is 38.1 Å². The highest BCUT2D eigenvalue weighted by atomic mass is 32.2. The van der Waals surface area contributed by atoms with Crippen LogP contribution in [-0.4, -0.2) is 56.4 Å². The van der Waals surface area contributed by atoms with Gasteiger partial charge in [-0.25, -0.2) is 0 Å². The van der Waals surface area contributed by atoms with Crippen LogP contribution >= 0.6 is 0 Å². The van der Waals surface area contributed by atoms with Crippen LogP contribution in [0.4, 0.5) is 0 Å². The molecular weight excluding hydrogens is 240 g/mol. The third kappa shape index (κ3) is 2.12. The highest BCUT2D eigenvalue weighted by molar-refractivity contribution is 7.86. The van der Waals surface area contributed by atoms with Crippen molar-refractivity contribution in [1.29, 1.82) is 0 Å². The molecule has 3 rings (SSSR count). The number of hydrogen-bond donors (Lipinski definition) is 0. The maximum Gasteiger partial charge on any atom is 0.282 e. The van der Waals surface area contributed by atoms with Crippen molar-refractivity contribution in [1.82, 2.24) is 8.61 Å². The molecule has 0 radical (unpaired) electrons. The van der Waals surface area contributed by atoms with Gasteiger partial charge in [0.25, 0.3) is 10.2 Å². The molecule has 17 heavy (non-hydrogen) atoms. The van der Waals surface area contributed by atoms with Gasteiger partial charge in [-0.15, -0.1) is 0 Å². The monoisotopic (exact) mass is 260 g/mol. The molecule has 2 heterocycles. The van der Waals surface area contributed by atoms with Gasteiger partial charge >= 0.3 is 0 Å². The Labute approximate surface area is 103 Å². The van der Waals surface area contributed by atoms with E-state index < -0.39 is 10.2 Å². The number of ether oxygens (including phenoxy) is 1. The Morgan fingerprint density at radius 3 is 2.12 bits per heavy atom. The van der Waals surface area contributed by atoms with E-state index >= 15 is 0 Å². The van der Waals surface area contributed by atoms with Crippen molar-refractivity contribution in [2.24, 2.45) is 11.8 Å². The minimum absolute atomic E-state index is 0.508. The lowest BCUT2D eigenvalue weighted by Gasteiger charge is -2.30. The van der Waals surface area contributed by atoms with Crippen molar-refractivity contribution in [3.05, 3.63) is 0 Å². The van der Waals surface area contributed by atoms with Crippen LogP contribution < -0.4 is 0 Å². The molecule has 0 N–H and O–H groups in total. The van der Waals surface area contributed by atoms with Crippen molar-refractivity contribution in [3.63, 3.8) is 0 Å². The summed E-state index contributed by atoms with van der Waals surface area (Å²) in [5, 5.41) is 0. The van der Waals surface area contributed by atoms with Gasteiger partial charge in [-0.3, -0.25) is 0 Å². The Kier molecular flexibility index (Phi) is 3.15. The topological polar surface area (TPSA) is 49.9 Å². The summed E-state index contributed by atoms with van der Waals surface area (Å²) in [6.07, 6.45) is 3.69. The lowest BCUT2D eigenvalue weighted by atomic mass is 10.0. The number of morpholine rings is 1. The van der Waals surface area contributed by atoms with Gasteiger partial charge in [-0.2, -0.15) is 17.0 Å². The van der Waals surface area contributed by atoms with Crippen LogP contribution in [0.25, 0.3) is 0 Å². The fourth-order valence-electron chi connectivity index (χ4n) is 3.32. The maximum atomic E-state index is 12.4. The van der Waals surface area contributed by atoms with E-state index in [9.17, 15) is 8.42 Å². The highest BCUT2D eigenvalue weighted by Crippen LogP contribution is 2.39. The molecule has 5 nitrogen and oxygen atoms in total. The SMILES string of the molecule is O=S(=O)(N1CCOCC1)N1C[C@H]2CCC[C@H]2C1. The third-order valence-electron chi connectivity index (χ3n) is 4.32. The van der Waals surface area contributed by atoms with Crippen molar-refractivity contribution in [2.45, 2.75) is 19.3 Å². The molecule has 98 valence electrons. The summed E-state index contributed by atoms with van der Waals surface area (Å²) in [4.78, 5) is 0. The summed E-state index contributed by atoms with van der Waals surface area (Å²) in [6.45, 7) is 3.55. The lowest BCUT2D eigenvalue weighted by molar-refractivity contribution is 0.0704. The van der Waals surface area contributed by atoms with Crippen molar-refractivity contribution in [3.8, 4) is 0 Å². The average molecular weight is 260 g/mol. The fraction of sp³-hybridized carbons (Fsp3) is 1.00. The van der Waals surface area contributed by atoms with Crippen LogP contribution in [0.5, 0.6) is 0 Å². The normalized spacial score (nSPS) is 36.2. The zero-order chi connectivity index (χ0) is 11.9. The van der Waals surface area contributed by atoms with Crippen molar-refractivity contribution < 1.29 is 13.2 Å². The number of fused-ring (bicyclic) bond motifs is 1. The smallest absolute Gasteiger partial charge is 0.282 e. The predicted molar refractivity (Wildman–Crippen MR) is 63.7 cm³/mol. The Morgan fingerprint density at radius 2 is 1.53 bits per heavy atom. The predicted octanol–water partition coefficient (Wildman–Crippen LogP) is 0.295. The molecule has 0 spiro atoms. The van der Waals surface area contributed by atoms with E-state index in [1.807, 2.05) is 0 Å². The van der Waals surface area contributed by atoms with E-state index in [1.165, 1.54) is 19.3 Å². The van der Waals surface area contributed by atoms with Crippen molar-refractivity contribution >= 4 is 10.2 Å². The van der Waals surface area contributed by atoms with Crippen LogP contribution in [-0.2, 0) is 14.9 Å². The van der Waals surface area contributed by atoms with Gasteiger partial charge in [0.15, 0.2) is 0 Å². The van der Waals surface area contributed by atoms with Crippen LogP contribution in [0.15, 0.2) is 0 Å². The zero-order valence-corrected chi connectivity index (χ0v) is 10.9. The molecule has 0 unspecified atom stereocenters. The number of rotatable bonds is 2. The lowest BCUT2D eigenvalue weighted by Crippen LogP contribution is -2.48.